The van der Waals surface area contributed by atoms with Gasteiger partial charge in [-0.25, -0.2) is 0 Å². The summed E-state index contributed by atoms with van der Waals surface area (Å²) in [4.78, 5) is 36.8. The van der Waals surface area contributed by atoms with Gasteiger partial charge in [0, 0.05) is 28.3 Å². The highest BCUT2D eigenvalue weighted by atomic mass is 16.4. The maximum absolute atomic E-state index is 11.7. The average molecular weight is 459 g/mol. The lowest BCUT2D eigenvalue weighted by molar-refractivity contribution is -0.139. The van der Waals surface area contributed by atoms with Crippen LogP contribution in [0.4, 0.5) is 0 Å². The van der Waals surface area contributed by atoms with Gasteiger partial charge in [-0.2, -0.15) is 0 Å². The van der Waals surface area contributed by atoms with Gasteiger partial charge < -0.3 is 5.11 Å². The fourth-order valence-corrected chi connectivity index (χ4v) is 1.73. The van der Waals surface area contributed by atoms with Crippen LogP contribution >= 0.6 is 0 Å². The number of carbonyl (C=O) groups is 3. The largest absolute Gasteiger partial charge is 0.480 e. The molecule has 0 aromatic rings. The molecule has 1 N–H and O–H groups in total. The first kappa shape index (κ1) is 35.3. The second-order valence-electron chi connectivity index (χ2n) is 12.5. The average Bonchev–Trinajstić information content (AvgIpc) is 2.52. The quantitative estimate of drug-likeness (QED) is 0.563. The van der Waals surface area contributed by atoms with Gasteiger partial charge >= 0.3 is 5.97 Å². The number of nitrogens with zero attached hydrogens (tertiary/aromatic N) is 2. The Bertz CT molecular complexity index is 571. The van der Waals surface area contributed by atoms with Crippen LogP contribution in [0.15, 0.2) is 0 Å². The van der Waals surface area contributed by atoms with Gasteiger partial charge in [-0.1, -0.05) is 48.5 Å². The molecule has 0 atom stereocenters. The van der Waals surface area contributed by atoms with Gasteiger partial charge in [0.2, 0.25) is 0 Å². The molecule has 0 amide bonds. The van der Waals surface area contributed by atoms with Crippen molar-refractivity contribution < 1.29 is 19.5 Å². The summed E-state index contributed by atoms with van der Waals surface area (Å²) in [7, 11) is 3.79. The van der Waals surface area contributed by atoms with Gasteiger partial charge in [0.25, 0.3) is 0 Å². The summed E-state index contributed by atoms with van der Waals surface area (Å²) in [5.74, 6) is -0.118. The van der Waals surface area contributed by atoms with Crippen molar-refractivity contribution in [1.29, 1.82) is 0 Å². The number of likely N-dealkylation sites (N-methyl/N-ethyl adjacent to an activating group) is 2. The van der Waals surface area contributed by atoms with Gasteiger partial charge in [0.15, 0.2) is 5.78 Å². The van der Waals surface area contributed by atoms with Gasteiger partial charge in [0.05, 0.1) is 13.1 Å². The molecule has 0 unspecified atom stereocenters. The molecule has 0 saturated heterocycles. The molecule has 0 aromatic carbocycles. The third kappa shape index (κ3) is 19.4. The summed E-state index contributed by atoms with van der Waals surface area (Å²) >= 11 is 0. The third-order valence-corrected chi connectivity index (χ3v) is 5.19. The molecular weight excluding hydrogens is 404 g/mol. The SMILES string of the molecule is CCCC(=O)C(C)(C)C.CN(CC(=O)C(C)(C)C)C(C)(C)C.CN(CC(=O)O)C(C)(C)C. The van der Waals surface area contributed by atoms with Crippen molar-refractivity contribution in [2.75, 3.05) is 27.2 Å². The molecule has 0 bridgehead atoms. The van der Waals surface area contributed by atoms with Crippen LogP contribution in [0.5, 0.6) is 0 Å². The fourth-order valence-electron chi connectivity index (χ4n) is 1.73. The highest BCUT2D eigenvalue weighted by Gasteiger charge is 2.26. The van der Waals surface area contributed by atoms with Crippen LogP contribution in [0.2, 0.25) is 0 Å². The van der Waals surface area contributed by atoms with Gasteiger partial charge in [-0.3, -0.25) is 24.2 Å². The minimum atomic E-state index is -0.780. The van der Waals surface area contributed by atoms with Crippen LogP contribution in [0, 0.1) is 10.8 Å². The lowest BCUT2D eigenvalue weighted by Gasteiger charge is -2.33. The van der Waals surface area contributed by atoms with E-state index in [0.29, 0.717) is 18.1 Å². The van der Waals surface area contributed by atoms with Crippen LogP contribution in [0.1, 0.15) is 103 Å². The normalized spacial score (nSPS) is 12.5. The molecule has 0 fully saturated rings. The Morgan fingerprint density at radius 3 is 1.09 bits per heavy atom. The summed E-state index contributed by atoms with van der Waals surface area (Å²) < 4.78 is 0. The molecular formula is C26H54N2O4. The van der Waals surface area contributed by atoms with E-state index in [-0.39, 0.29) is 28.5 Å². The van der Waals surface area contributed by atoms with E-state index in [1.807, 2.05) is 76.3 Å². The summed E-state index contributed by atoms with van der Waals surface area (Å²) in [6.07, 6.45) is 1.69. The summed E-state index contributed by atoms with van der Waals surface area (Å²) in [6.45, 7) is 26.7. The molecule has 0 radical (unpaired) electrons. The van der Waals surface area contributed by atoms with Crippen LogP contribution in [0.3, 0.4) is 0 Å². The van der Waals surface area contributed by atoms with Gasteiger partial charge in [-0.05, 0) is 62.1 Å². The minimum Gasteiger partial charge on any atom is -0.480 e. The summed E-state index contributed by atoms with van der Waals surface area (Å²) in [6, 6.07) is 0. The Morgan fingerprint density at radius 1 is 0.625 bits per heavy atom. The summed E-state index contributed by atoms with van der Waals surface area (Å²) in [5.41, 5.74) is -0.338. The first-order valence-electron chi connectivity index (χ1n) is 11.6. The summed E-state index contributed by atoms with van der Waals surface area (Å²) in [5, 5.41) is 8.41. The van der Waals surface area contributed by atoms with Crippen molar-refractivity contribution >= 4 is 17.5 Å². The molecule has 0 aliphatic heterocycles. The first-order valence-corrected chi connectivity index (χ1v) is 11.6. The standard InChI is InChI=1S/C11H23NO.C8H16O.C7H15NO2/c1-10(2,3)9(13)8-12(7)11(4,5)6;1-5-6-7(9)8(2,3)4;1-7(2,3)8(4)5-6(9)10/h8H2,1-7H3;5-6H2,1-4H3;5H2,1-4H3,(H,9,10). The maximum Gasteiger partial charge on any atom is 0.317 e. The first-order chi connectivity index (χ1) is 13.9. The zero-order valence-electron chi connectivity index (χ0n) is 23.9. The highest BCUT2D eigenvalue weighted by molar-refractivity contribution is 5.85. The predicted octanol–water partition coefficient (Wildman–Crippen LogP) is 5.53. The number of rotatable bonds is 6. The Hall–Kier alpha value is -1.27. The molecule has 0 heterocycles. The molecule has 192 valence electrons. The van der Waals surface area contributed by atoms with Crippen LogP contribution in [-0.2, 0) is 14.4 Å². The number of carboxylic acid groups (broad SMARTS) is 1. The molecule has 6 nitrogen and oxygen atoms in total. The molecule has 32 heavy (non-hydrogen) atoms. The lowest BCUT2D eigenvalue weighted by Crippen LogP contribution is -2.43. The molecule has 0 aliphatic rings. The van der Waals surface area contributed by atoms with E-state index in [9.17, 15) is 14.4 Å². The zero-order chi connectivity index (χ0) is 26.7. The smallest absolute Gasteiger partial charge is 0.317 e. The van der Waals surface area contributed by atoms with E-state index in [1.54, 1.807) is 11.9 Å². The Labute approximate surface area is 199 Å². The monoisotopic (exact) mass is 458 g/mol. The van der Waals surface area contributed by atoms with Crippen molar-refractivity contribution in [3.63, 3.8) is 0 Å². The highest BCUT2D eigenvalue weighted by Crippen LogP contribution is 2.18. The molecule has 0 aliphatic carbocycles. The topological polar surface area (TPSA) is 77.9 Å². The van der Waals surface area contributed by atoms with Crippen molar-refractivity contribution in [2.24, 2.45) is 10.8 Å². The van der Waals surface area contributed by atoms with E-state index >= 15 is 0 Å². The lowest BCUT2D eigenvalue weighted by atomic mass is 9.88. The zero-order valence-corrected chi connectivity index (χ0v) is 23.9. The number of aliphatic carboxylic acids is 1. The Kier molecular flexibility index (Phi) is 15.6. The number of hydrogen-bond acceptors (Lipinski definition) is 5. The maximum atomic E-state index is 11.7. The fraction of sp³-hybridized carbons (Fsp3) is 0.885. The van der Waals surface area contributed by atoms with E-state index < -0.39 is 5.97 Å². The van der Waals surface area contributed by atoms with Gasteiger partial charge in [0.1, 0.15) is 5.78 Å². The van der Waals surface area contributed by atoms with Crippen LogP contribution in [0.25, 0.3) is 0 Å². The number of ketones is 2. The van der Waals surface area contributed by atoms with E-state index in [0.717, 1.165) is 12.8 Å². The molecule has 0 saturated carbocycles. The van der Waals surface area contributed by atoms with Gasteiger partial charge in [-0.15, -0.1) is 0 Å². The molecule has 0 aromatic heterocycles. The van der Waals surface area contributed by atoms with E-state index in [1.165, 1.54) is 0 Å². The van der Waals surface area contributed by atoms with Crippen molar-refractivity contribution in [3.05, 3.63) is 0 Å². The third-order valence-electron chi connectivity index (χ3n) is 5.19. The molecule has 0 rings (SSSR count). The van der Waals surface area contributed by atoms with Crippen molar-refractivity contribution in [2.45, 2.75) is 114 Å². The van der Waals surface area contributed by atoms with E-state index in [4.69, 9.17) is 5.11 Å². The Morgan fingerprint density at radius 2 is 0.938 bits per heavy atom. The van der Waals surface area contributed by atoms with Crippen LogP contribution in [-0.4, -0.2) is 70.7 Å². The number of Topliss-reactive ketones (excluding diaryl/α,β-unsaturated/α-hetero) is 2. The molecule has 6 heteroatoms. The second-order valence-corrected chi connectivity index (χ2v) is 12.5. The van der Waals surface area contributed by atoms with Crippen LogP contribution < -0.4 is 0 Å². The van der Waals surface area contributed by atoms with E-state index in [2.05, 4.69) is 25.7 Å². The van der Waals surface area contributed by atoms with Crippen molar-refractivity contribution in [3.8, 4) is 0 Å². The predicted molar refractivity (Wildman–Crippen MR) is 136 cm³/mol. The number of carbonyl (C=O) groups excluding carboxylic acids is 2. The number of hydrogen-bond donors (Lipinski definition) is 1. The minimum absolute atomic E-state index is 0.0572. The second kappa shape index (κ2) is 14.1. The Balaban J connectivity index is -0.000000403. The van der Waals surface area contributed by atoms with Crippen molar-refractivity contribution in [1.82, 2.24) is 9.80 Å². The number of carboxylic acids is 1. The molecule has 0 spiro atoms.